The van der Waals surface area contributed by atoms with Gasteiger partial charge in [0, 0.05) is 12.2 Å². The van der Waals surface area contributed by atoms with E-state index in [4.69, 9.17) is 0 Å². The number of rotatable bonds is 7. The van der Waals surface area contributed by atoms with E-state index in [1.54, 1.807) is 11.8 Å². The molecular formula is C23H27N3O3. The second-order valence-electron chi connectivity index (χ2n) is 7.37. The molecule has 6 heteroatoms. The Morgan fingerprint density at radius 1 is 1.03 bits per heavy atom. The monoisotopic (exact) mass is 393 g/mol. The van der Waals surface area contributed by atoms with Gasteiger partial charge in [0.05, 0.1) is 0 Å². The van der Waals surface area contributed by atoms with Crippen LogP contribution in [0.25, 0.3) is 0 Å². The van der Waals surface area contributed by atoms with Crippen molar-refractivity contribution in [3.05, 3.63) is 65.7 Å². The van der Waals surface area contributed by atoms with Crippen molar-refractivity contribution in [1.82, 2.24) is 10.2 Å². The van der Waals surface area contributed by atoms with Gasteiger partial charge in [-0.05, 0) is 43.5 Å². The first-order chi connectivity index (χ1) is 13.9. The first-order valence-electron chi connectivity index (χ1n) is 9.99. The van der Waals surface area contributed by atoms with Gasteiger partial charge < -0.3 is 10.2 Å². The summed E-state index contributed by atoms with van der Waals surface area (Å²) in [5, 5.41) is 2.77. The molecule has 1 N–H and O–H groups in total. The average Bonchev–Trinajstić information content (AvgIpc) is 2.94. The van der Waals surface area contributed by atoms with Crippen LogP contribution in [0, 0.1) is 0 Å². The molecule has 1 fully saturated rings. The fourth-order valence-corrected chi connectivity index (χ4v) is 3.66. The van der Waals surface area contributed by atoms with E-state index in [9.17, 15) is 14.4 Å². The van der Waals surface area contributed by atoms with Gasteiger partial charge in [0.25, 0.3) is 5.91 Å². The molecule has 152 valence electrons. The molecule has 0 spiro atoms. The van der Waals surface area contributed by atoms with Gasteiger partial charge in [-0.1, -0.05) is 55.8 Å². The van der Waals surface area contributed by atoms with Crippen molar-refractivity contribution in [2.75, 3.05) is 18.0 Å². The van der Waals surface area contributed by atoms with E-state index in [0.29, 0.717) is 12.1 Å². The van der Waals surface area contributed by atoms with E-state index in [0.717, 1.165) is 23.4 Å². The number of urea groups is 1. The van der Waals surface area contributed by atoms with Crippen LogP contribution in [0.2, 0.25) is 0 Å². The Morgan fingerprint density at radius 3 is 2.28 bits per heavy atom. The van der Waals surface area contributed by atoms with Gasteiger partial charge in [-0.25, -0.2) is 4.79 Å². The standard InChI is InChI=1S/C23H27N3O3/c1-4-9-17-12-14-18(15-13-17)23(3)21(28)26(22(29)24-23)16-20(27)25(5-2)19-10-7-6-8-11-19/h6-8,10-15H,4-5,9,16H2,1-3H3,(H,24,29). The zero-order valence-corrected chi connectivity index (χ0v) is 17.1. The van der Waals surface area contributed by atoms with Crippen LogP contribution in [-0.2, 0) is 21.5 Å². The third-order valence-corrected chi connectivity index (χ3v) is 5.32. The second-order valence-corrected chi connectivity index (χ2v) is 7.37. The van der Waals surface area contributed by atoms with Crippen molar-refractivity contribution in [2.45, 2.75) is 39.2 Å². The van der Waals surface area contributed by atoms with Crippen LogP contribution >= 0.6 is 0 Å². The maximum atomic E-state index is 13.1. The molecule has 2 aromatic rings. The van der Waals surface area contributed by atoms with Crippen LogP contribution in [0.15, 0.2) is 54.6 Å². The van der Waals surface area contributed by atoms with E-state index in [2.05, 4.69) is 12.2 Å². The van der Waals surface area contributed by atoms with Crippen molar-refractivity contribution < 1.29 is 14.4 Å². The number of imide groups is 1. The molecular weight excluding hydrogens is 366 g/mol. The van der Waals surface area contributed by atoms with Crippen LogP contribution in [-0.4, -0.2) is 35.8 Å². The summed E-state index contributed by atoms with van der Waals surface area (Å²) >= 11 is 0. The lowest BCUT2D eigenvalue weighted by Crippen LogP contribution is -2.44. The number of amides is 4. The van der Waals surface area contributed by atoms with E-state index in [-0.39, 0.29) is 12.5 Å². The highest BCUT2D eigenvalue weighted by Gasteiger charge is 2.49. The lowest BCUT2D eigenvalue weighted by Gasteiger charge is -2.25. The minimum atomic E-state index is -1.17. The zero-order valence-electron chi connectivity index (χ0n) is 17.1. The van der Waals surface area contributed by atoms with Gasteiger partial charge in [0.2, 0.25) is 5.91 Å². The Hall–Kier alpha value is -3.15. The number of anilines is 1. The van der Waals surface area contributed by atoms with E-state index in [1.807, 2.05) is 61.5 Å². The van der Waals surface area contributed by atoms with Crippen molar-refractivity contribution in [1.29, 1.82) is 0 Å². The molecule has 0 aromatic heterocycles. The average molecular weight is 393 g/mol. The van der Waals surface area contributed by atoms with Crippen molar-refractivity contribution >= 4 is 23.5 Å². The highest BCUT2D eigenvalue weighted by molar-refractivity contribution is 6.10. The zero-order chi connectivity index (χ0) is 21.0. The molecule has 0 aliphatic carbocycles. The Balaban J connectivity index is 1.78. The number of nitrogens with zero attached hydrogens (tertiary/aromatic N) is 2. The smallest absolute Gasteiger partial charge is 0.319 e. The molecule has 0 saturated carbocycles. The number of para-hydroxylation sites is 1. The molecule has 29 heavy (non-hydrogen) atoms. The van der Waals surface area contributed by atoms with Crippen LogP contribution in [0.4, 0.5) is 10.5 Å². The van der Waals surface area contributed by atoms with E-state index >= 15 is 0 Å². The summed E-state index contributed by atoms with van der Waals surface area (Å²) in [4.78, 5) is 41.1. The van der Waals surface area contributed by atoms with Crippen LogP contribution in [0.1, 0.15) is 38.3 Å². The lowest BCUT2D eigenvalue weighted by molar-refractivity contribution is -0.134. The third kappa shape index (κ3) is 4.01. The number of benzene rings is 2. The summed E-state index contributed by atoms with van der Waals surface area (Å²) in [6.07, 6.45) is 2.00. The molecule has 1 heterocycles. The topological polar surface area (TPSA) is 69.7 Å². The Labute approximate surface area is 171 Å². The summed E-state index contributed by atoms with van der Waals surface area (Å²) in [6.45, 7) is 5.81. The summed E-state index contributed by atoms with van der Waals surface area (Å²) in [6, 6.07) is 16.4. The molecule has 1 saturated heterocycles. The quantitative estimate of drug-likeness (QED) is 0.733. The number of nitrogens with one attached hydrogen (secondary N) is 1. The molecule has 4 amide bonds. The number of likely N-dealkylation sites (N-methyl/N-ethyl adjacent to an activating group) is 1. The minimum Gasteiger partial charge on any atom is -0.319 e. The van der Waals surface area contributed by atoms with Crippen molar-refractivity contribution in [3.8, 4) is 0 Å². The molecule has 1 aliphatic heterocycles. The first-order valence-corrected chi connectivity index (χ1v) is 9.99. The summed E-state index contributed by atoms with van der Waals surface area (Å²) < 4.78 is 0. The molecule has 1 aliphatic rings. The largest absolute Gasteiger partial charge is 0.325 e. The highest BCUT2D eigenvalue weighted by Crippen LogP contribution is 2.29. The molecule has 2 aromatic carbocycles. The van der Waals surface area contributed by atoms with Gasteiger partial charge in [0.1, 0.15) is 12.1 Å². The second kappa shape index (κ2) is 8.47. The van der Waals surface area contributed by atoms with Crippen molar-refractivity contribution in [2.24, 2.45) is 0 Å². The number of carbonyl (C=O) groups excluding carboxylic acids is 3. The van der Waals surface area contributed by atoms with Crippen LogP contribution in [0.3, 0.4) is 0 Å². The van der Waals surface area contributed by atoms with E-state index < -0.39 is 17.5 Å². The molecule has 0 bridgehead atoms. The number of hydrogen-bond donors (Lipinski definition) is 1. The van der Waals surface area contributed by atoms with Gasteiger partial charge >= 0.3 is 6.03 Å². The molecule has 1 atom stereocenters. The number of hydrogen-bond acceptors (Lipinski definition) is 3. The number of carbonyl (C=O) groups is 3. The summed E-state index contributed by atoms with van der Waals surface area (Å²) in [7, 11) is 0. The van der Waals surface area contributed by atoms with E-state index in [1.165, 1.54) is 5.56 Å². The van der Waals surface area contributed by atoms with Gasteiger partial charge in [-0.15, -0.1) is 0 Å². The van der Waals surface area contributed by atoms with Crippen molar-refractivity contribution in [3.63, 3.8) is 0 Å². The van der Waals surface area contributed by atoms with Gasteiger partial charge in [0.15, 0.2) is 0 Å². The predicted molar refractivity (Wildman–Crippen MR) is 113 cm³/mol. The highest BCUT2D eigenvalue weighted by atomic mass is 16.2. The summed E-state index contributed by atoms with van der Waals surface area (Å²) in [5.74, 6) is -0.715. The van der Waals surface area contributed by atoms with Gasteiger partial charge in [-0.2, -0.15) is 0 Å². The maximum Gasteiger partial charge on any atom is 0.325 e. The normalized spacial score (nSPS) is 18.7. The molecule has 1 unspecified atom stereocenters. The molecule has 3 rings (SSSR count). The number of aryl methyl sites for hydroxylation is 1. The first kappa shape index (κ1) is 20.6. The van der Waals surface area contributed by atoms with Gasteiger partial charge in [-0.3, -0.25) is 14.5 Å². The Bertz CT molecular complexity index is 895. The Kier molecular flexibility index (Phi) is 6.01. The molecule has 6 nitrogen and oxygen atoms in total. The maximum absolute atomic E-state index is 13.1. The molecule has 0 radical (unpaired) electrons. The fourth-order valence-electron chi connectivity index (χ4n) is 3.66. The fraction of sp³-hybridized carbons (Fsp3) is 0.348. The summed E-state index contributed by atoms with van der Waals surface area (Å²) in [5.41, 5.74) is 1.46. The lowest BCUT2D eigenvalue weighted by atomic mass is 9.91. The van der Waals surface area contributed by atoms with Crippen LogP contribution in [0.5, 0.6) is 0 Å². The van der Waals surface area contributed by atoms with Crippen LogP contribution < -0.4 is 10.2 Å². The third-order valence-electron chi connectivity index (χ3n) is 5.32. The SMILES string of the molecule is CCCc1ccc(C2(C)NC(=O)N(CC(=O)N(CC)c3ccccc3)C2=O)cc1. The Morgan fingerprint density at radius 2 is 1.69 bits per heavy atom. The predicted octanol–water partition coefficient (Wildman–Crippen LogP) is 3.46. The minimum absolute atomic E-state index is 0.295.